The smallest absolute Gasteiger partial charge is 0.339 e. The molecule has 3 rings (SSSR count). The van der Waals surface area contributed by atoms with Crippen molar-refractivity contribution in [2.45, 2.75) is 45.4 Å². The van der Waals surface area contributed by atoms with Gasteiger partial charge < -0.3 is 19.8 Å². The molecule has 0 fully saturated rings. The Balaban J connectivity index is 1.76. The van der Waals surface area contributed by atoms with Crippen LogP contribution in [-0.2, 0) is 25.7 Å². The first-order valence-electron chi connectivity index (χ1n) is 11.4. The molecule has 0 spiro atoms. The SMILES string of the molecule is CC(C)COC(=O)[C@](C)(O)CN(Cc1ccc(-c2cc(Cl)ccc2F)cc1)NC(=O)C1CC(O)=NO1. The highest BCUT2D eigenvalue weighted by Crippen LogP contribution is 2.26. The number of hydrogen-bond acceptors (Lipinski definition) is 7. The maximum absolute atomic E-state index is 14.2. The second-order valence-electron chi connectivity index (χ2n) is 9.23. The van der Waals surface area contributed by atoms with Gasteiger partial charge in [0.05, 0.1) is 19.6 Å². The molecule has 1 aliphatic heterocycles. The standard InChI is InChI=1S/C25H29ClFN3O6/c1-15(2)13-35-24(33)25(3,34)14-30(28-23(32)21-11-22(31)29-36-21)12-16-4-6-17(7-5-16)19-10-18(26)8-9-20(19)27/h4-10,15,21,34H,11-14H2,1-3H3,(H,28,32)(H,29,31)/t21?,25-/m1/s1. The molecule has 0 radical (unpaired) electrons. The summed E-state index contributed by atoms with van der Waals surface area (Å²) in [4.78, 5) is 30.0. The van der Waals surface area contributed by atoms with Crippen LogP contribution >= 0.6 is 11.6 Å². The third kappa shape index (κ3) is 7.39. The Morgan fingerprint density at radius 3 is 2.61 bits per heavy atom. The summed E-state index contributed by atoms with van der Waals surface area (Å²) in [7, 11) is 0. The van der Waals surface area contributed by atoms with Gasteiger partial charge in [-0.3, -0.25) is 10.2 Å². The highest BCUT2D eigenvalue weighted by Gasteiger charge is 2.36. The summed E-state index contributed by atoms with van der Waals surface area (Å²) in [6.07, 6.45) is -1.16. The average molecular weight is 522 g/mol. The Morgan fingerprint density at radius 2 is 2.00 bits per heavy atom. The van der Waals surface area contributed by atoms with E-state index in [0.717, 1.165) is 0 Å². The number of ether oxygens (including phenoxy) is 1. The van der Waals surface area contributed by atoms with E-state index in [9.17, 15) is 24.2 Å². The Hall–Kier alpha value is -3.21. The van der Waals surface area contributed by atoms with Crippen molar-refractivity contribution in [3.8, 4) is 11.1 Å². The molecule has 0 saturated carbocycles. The van der Waals surface area contributed by atoms with Crippen LogP contribution in [0.15, 0.2) is 47.6 Å². The minimum atomic E-state index is -1.94. The summed E-state index contributed by atoms with van der Waals surface area (Å²) < 4.78 is 19.4. The van der Waals surface area contributed by atoms with Crippen LogP contribution in [-0.4, -0.2) is 57.9 Å². The minimum Gasteiger partial charge on any atom is -0.494 e. The van der Waals surface area contributed by atoms with Crippen LogP contribution in [0.1, 0.15) is 32.8 Å². The van der Waals surface area contributed by atoms with Crippen molar-refractivity contribution in [1.82, 2.24) is 10.4 Å². The molecule has 1 aliphatic rings. The van der Waals surface area contributed by atoms with E-state index in [1.165, 1.54) is 30.1 Å². The van der Waals surface area contributed by atoms with Gasteiger partial charge in [0.15, 0.2) is 5.60 Å². The zero-order valence-corrected chi connectivity index (χ0v) is 21.0. The zero-order valence-electron chi connectivity index (χ0n) is 20.2. The van der Waals surface area contributed by atoms with Crippen molar-refractivity contribution >= 4 is 29.4 Å². The van der Waals surface area contributed by atoms with Crippen LogP contribution < -0.4 is 5.43 Å². The molecule has 9 nitrogen and oxygen atoms in total. The molecule has 1 unspecified atom stereocenters. The molecular formula is C25H29ClFN3O6. The number of benzene rings is 2. The maximum atomic E-state index is 14.2. The van der Waals surface area contributed by atoms with Crippen LogP contribution in [0.5, 0.6) is 0 Å². The molecule has 0 aliphatic carbocycles. The quantitative estimate of drug-likeness (QED) is 0.323. The molecule has 194 valence electrons. The number of halogens is 2. The predicted molar refractivity (Wildman–Crippen MR) is 131 cm³/mol. The number of oxime groups is 1. The molecule has 2 atom stereocenters. The van der Waals surface area contributed by atoms with Gasteiger partial charge in [-0.15, -0.1) is 0 Å². The van der Waals surface area contributed by atoms with E-state index in [-0.39, 0.29) is 37.9 Å². The molecule has 2 aromatic carbocycles. The number of carbonyl (C=O) groups excluding carboxylic acids is 2. The van der Waals surface area contributed by atoms with Crippen molar-refractivity contribution in [2.75, 3.05) is 13.2 Å². The fourth-order valence-electron chi connectivity index (χ4n) is 3.43. The molecular weight excluding hydrogens is 493 g/mol. The number of amides is 1. The number of aliphatic hydroxyl groups is 2. The van der Waals surface area contributed by atoms with Crippen molar-refractivity contribution < 1.29 is 33.8 Å². The molecule has 3 N–H and O–H groups in total. The van der Waals surface area contributed by atoms with Gasteiger partial charge in [0.1, 0.15) is 5.82 Å². The van der Waals surface area contributed by atoms with Gasteiger partial charge >= 0.3 is 5.97 Å². The number of carbonyl (C=O) groups is 2. The van der Waals surface area contributed by atoms with E-state index in [0.29, 0.717) is 21.7 Å². The fraction of sp³-hybridized carbons (Fsp3) is 0.400. The van der Waals surface area contributed by atoms with Gasteiger partial charge in [-0.1, -0.05) is 54.9 Å². The van der Waals surface area contributed by atoms with Crippen LogP contribution in [0.25, 0.3) is 11.1 Å². The van der Waals surface area contributed by atoms with Crippen molar-refractivity contribution in [2.24, 2.45) is 11.1 Å². The number of esters is 1. The Kier molecular flexibility index (Phi) is 8.89. The van der Waals surface area contributed by atoms with Gasteiger partial charge in [-0.05, 0) is 42.2 Å². The van der Waals surface area contributed by atoms with Crippen LogP contribution in [0.4, 0.5) is 4.39 Å². The normalized spacial score (nSPS) is 16.9. The summed E-state index contributed by atoms with van der Waals surface area (Å²) in [6, 6.07) is 11.1. The lowest BCUT2D eigenvalue weighted by molar-refractivity contribution is -0.168. The first-order chi connectivity index (χ1) is 16.9. The number of rotatable bonds is 10. The van der Waals surface area contributed by atoms with E-state index in [1.54, 1.807) is 24.3 Å². The predicted octanol–water partition coefficient (Wildman–Crippen LogP) is 3.59. The van der Waals surface area contributed by atoms with Gasteiger partial charge in [-0.2, -0.15) is 0 Å². The molecule has 36 heavy (non-hydrogen) atoms. The van der Waals surface area contributed by atoms with Crippen molar-refractivity contribution in [3.05, 3.63) is 58.9 Å². The molecule has 11 heteroatoms. The molecule has 0 saturated heterocycles. The Labute approximate surface area is 213 Å². The lowest BCUT2D eigenvalue weighted by Gasteiger charge is -2.31. The number of nitrogens with one attached hydrogen (secondary N) is 1. The molecule has 1 amide bonds. The van der Waals surface area contributed by atoms with Gasteiger partial charge in [0.25, 0.3) is 5.91 Å². The third-order valence-electron chi connectivity index (χ3n) is 5.27. The van der Waals surface area contributed by atoms with Gasteiger partial charge in [0.2, 0.25) is 12.0 Å². The third-order valence-corrected chi connectivity index (χ3v) is 5.50. The maximum Gasteiger partial charge on any atom is 0.339 e. The van der Waals surface area contributed by atoms with E-state index in [4.69, 9.17) is 21.2 Å². The Bertz CT molecular complexity index is 1120. The minimum absolute atomic E-state index is 0.0793. The monoisotopic (exact) mass is 521 g/mol. The Morgan fingerprint density at radius 1 is 1.31 bits per heavy atom. The fourth-order valence-corrected chi connectivity index (χ4v) is 3.60. The van der Waals surface area contributed by atoms with Crippen LogP contribution in [0.3, 0.4) is 0 Å². The summed E-state index contributed by atoms with van der Waals surface area (Å²) in [5.74, 6) is -2.10. The van der Waals surface area contributed by atoms with E-state index in [2.05, 4.69) is 10.6 Å². The van der Waals surface area contributed by atoms with Gasteiger partial charge in [-0.25, -0.2) is 14.2 Å². The largest absolute Gasteiger partial charge is 0.494 e. The van der Waals surface area contributed by atoms with Crippen LogP contribution in [0.2, 0.25) is 5.02 Å². The van der Waals surface area contributed by atoms with E-state index < -0.39 is 29.4 Å². The average Bonchev–Trinajstić information content (AvgIpc) is 3.25. The first-order valence-corrected chi connectivity index (χ1v) is 11.7. The topological polar surface area (TPSA) is 121 Å². The molecule has 1 heterocycles. The van der Waals surface area contributed by atoms with Crippen LogP contribution in [0, 0.1) is 11.7 Å². The van der Waals surface area contributed by atoms with Gasteiger partial charge in [0, 0.05) is 17.1 Å². The summed E-state index contributed by atoms with van der Waals surface area (Å²) >= 11 is 6.00. The molecule has 0 aromatic heterocycles. The van der Waals surface area contributed by atoms with Crippen molar-refractivity contribution in [1.29, 1.82) is 0 Å². The zero-order chi connectivity index (χ0) is 26.5. The number of hydrazine groups is 1. The highest BCUT2D eigenvalue weighted by atomic mass is 35.5. The van der Waals surface area contributed by atoms with Crippen molar-refractivity contribution in [3.63, 3.8) is 0 Å². The number of nitrogens with zero attached hydrogens (tertiary/aromatic N) is 2. The highest BCUT2D eigenvalue weighted by molar-refractivity contribution is 6.30. The lowest BCUT2D eigenvalue weighted by atomic mass is 10.0. The van der Waals surface area contributed by atoms with E-state index >= 15 is 0 Å². The number of aliphatic hydroxyl groups excluding tert-OH is 1. The summed E-state index contributed by atoms with van der Waals surface area (Å²) in [6.45, 7) is 4.94. The summed E-state index contributed by atoms with van der Waals surface area (Å²) in [5, 5.41) is 25.3. The summed E-state index contributed by atoms with van der Waals surface area (Å²) in [5.41, 5.74) is 2.30. The lowest BCUT2D eigenvalue weighted by Crippen LogP contribution is -2.55. The first kappa shape index (κ1) is 27.4. The second kappa shape index (κ2) is 11.7. The van der Waals surface area contributed by atoms with E-state index in [1.807, 2.05) is 13.8 Å². The second-order valence-corrected chi connectivity index (χ2v) is 9.66. The molecule has 0 bridgehead atoms. The number of hydrogen-bond donors (Lipinski definition) is 3. The molecule has 2 aromatic rings.